The molecule has 0 saturated heterocycles. The number of hydrogen-bond donors (Lipinski definition) is 5. The van der Waals surface area contributed by atoms with Crippen LogP contribution in [-0.4, -0.2) is 152 Å². The summed E-state index contributed by atoms with van der Waals surface area (Å²) in [5.41, 5.74) is -1.02. The molecule has 0 aliphatic heterocycles. The average Bonchev–Trinajstić information content (AvgIpc) is 2.77. The van der Waals surface area contributed by atoms with E-state index in [1.54, 1.807) is 0 Å². The van der Waals surface area contributed by atoms with Crippen LogP contribution in [0.25, 0.3) is 10.8 Å². The third-order valence-electron chi connectivity index (χ3n) is 4.81. The average molecular weight is 662 g/mol. The minimum atomic E-state index is -4.96. The van der Waals surface area contributed by atoms with Gasteiger partial charge in [-0.05, 0) is 29.7 Å². The molecule has 0 saturated carbocycles. The number of sulfone groups is 1. The van der Waals surface area contributed by atoms with Crippen LogP contribution in [0.15, 0.2) is 62.5 Å². The van der Waals surface area contributed by atoms with Crippen LogP contribution < -0.4 is 5.32 Å². The Balaban J connectivity index is 0.00000533. The topological polar surface area (TPSA) is 246 Å². The molecule has 0 bridgehead atoms. The van der Waals surface area contributed by atoms with E-state index >= 15 is 0 Å². The van der Waals surface area contributed by atoms with Crippen molar-refractivity contribution in [2.45, 2.75) is 16.7 Å². The summed E-state index contributed by atoms with van der Waals surface area (Å²) in [5, 5.41) is 30.9. The molecule has 1 amide bonds. The van der Waals surface area contributed by atoms with Gasteiger partial charge in [0.25, 0.3) is 10.1 Å². The second-order valence-electron chi connectivity index (χ2n) is 7.55. The van der Waals surface area contributed by atoms with Gasteiger partial charge in [0.05, 0.1) is 22.9 Å². The molecule has 0 atom stereocenters. The molecule has 0 unspecified atom stereocenters. The molecule has 0 spiro atoms. The van der Waals surface area contributed by atoms with Gasteiger partial charge in [-0.2, -0.15) is 16.8 Å². The summed E-state index contributed by atoms with van der Waals surface area (Å²) in [4.78, 5) is 10.2. The van der Waals surface area contributed by atoms with Gasteiger partial charge in [-0.3, -0.25) is 13.9 Å². The van der Waals surface area contributed by atoms with Crippen molar-refractivity contribution in [3.8, 4) is 11.5 Å². The third kappa shape index (κ3) is 10.8. The number of azo groups is 1. The van der Waals surface area contributed by atoms with Gasteiger partial charge in [0.2, 0.25) is 5.91 Å². The molecule has 3 aromatic rings. The number of carbonyl (C=O) groups is 1. The standard InChI is InChI=1S/C20H19N3O12S3.3Na.3H/c1-11(24)21-15-4-2-3-12-9-17(37(29,30)31)19(20(26)18(12)15)23-22-14-6-5-13(10-16(14)25)36(27,28)8-7-35-38(32,33)34;;;;;;/h2-6,9-10,25-26H,7-8H2,1H3,(H,21,24)(H,29,30,31)(H,32,33,34);;;;;;. The number of aromatic hydroxyl groups is 2. The predicted octanol–water partition coefficient (Wildman–Crippen LogP) is 0.519. The van der Waals surface area contributed by atoms with Crippen molar-refractivity contribution in [1.29, 1.82) is 0 Å². The number of rotatable bonds is 9. The normalized spacial score (nSPS) is 11.8. The van der Waals surface area contributed by atoms with Gasteiger partial charge in [0.1, 0.15) is 22.0 Å². The summed E-state index contributed by atoms with van der Waals surface area (Å²) in [5.74, 6) is -2.89. The summed E-state index contributed by atoms with van der Waals surface area (Å²) in [6, 6.07) is 7.96. The fraction of sp³-hybridized carbons (Fsp3) is 0.150. The van der Waals surface area contributed by atoms with Crippen LogP contribution in [0.4, 0.5) is 17.1 Å². The number of carbonyl (C=O) groups excluding carboxylic acids is 1. The third-order valence-corrected chi connectivity index (χ3v) is 7.82. The van der Waals surface area contributed by atoms with Crippen LogP contribution in [-0.2, 0) is 39.3 Å². The van der Waals surface area contributed by atoms with Crippen molar-refractivity contribution in [2.24, 2.45) is 10.2 Å². The van der Waals surface area contributed by atoms with Gasteiger partial charge < -0.3 is 15.5 Å². The van der Waals surface area contributed by atoms with Crippen LogP contribution in [0.3, 0.4) is 0 Å². The molecule has 41 heavy (non-hydrogen) atoms. The number of hydrogen-bond acceptors (Lipinski definition) is 12. The maximum atomic E-state index is 12.3. The number of phenols is 2. The number of amides is 1. The van der Waals surface area contributed by atoms with Crippen LogP contribution in [0.2, 0.25) is 0 Å². The van der Waals surface area contributed by atoms with Gasteiger partial charge in [-0.1, -0.05) is 12.1 Å². The van der Waals surface area contributed by atoms with Gasteiger partial charge in [-0.25, -0.2) is 12.6 Å². The number of nitrogens with one attached hydrogen (secondary N) is 1. The Kier molecular flexibility index (Phi) is 15.6. The molecule has 3 rings (SSSR count). The van der Waals surface area contributed by atoms with Crippen molar-refractivity contribution in [3.63, 3.8) is 0 Å². The van der Waals surface area contributed by atoms with E-state index in [0.29, 0.717) is 0 Å². The zero-order valence-corrected chi connectivity index (χ0v) is 21.6. The van der Waals surface area contributed by atoms with E-state index in [1.165, 1.54) is 25.1 Å². The van der Waals surface area contributed by atoms with E-state index < -0.39 is 75.6 Å². The number of nitrogens with zero attached hydrogens (tertiary/aromatic N) is 2. The SMILES string of the molecule is CC(=O)Nc1cccc2cc(S(=O)(=O)O)c(N=Nc3ccc(S(=O)(=O)CCOS(=O)(=O)O)cc3O)c(O)c12.[NaH].[NaH].[NaH]. The first kappa shape index (κ1) is 40.3. The molecule has 3 aromatic carbocycles. The minimum absolute atomic E-state index is 0. The number of fused-ring (bicyclic) bond motifs is 1. The van der Waals surface area contributed by atoms with Crippen molar-refractivity contribution >= 4 is 153 Å². The number of phenolic OH excluding ortho intramolecular Hbond substituents is 2. The molecule has 0 radical (unpaired) electrons. The molecule has 0 heterocycles. The predicted molar refractivity (Wildman–Crippen MR) is 153 cm³/mol. The Morgan fingerprint density at radius 3 is 2.10 bits per heavy atom. The molecule has 0 aliphatic carbocycles. The van der Waals surface area contributed by atoms with Crippen molar-refractivity contribution in [2.75, 3.05) is 17.7 Å². The Hall–Kier alpha value is -0.680. The van der Waals surface area contributed by atoms with E-state index in [9.17, 15) is 44.8 Å². The molecular formula is C20H22N3Na3O12S3. The van der Waals surface area contributed by atoms with E-state index in [2.05, 4.69) is 19.7 Å². The monoisotopic (exact) mass is 661 g/mol. The Labute approximate surface area is 301 Å². The van der Waals surface area contributed by atoms with E-state index in [1.807, 2.05) is 0 Å². The van der Waals surface area contributed by atoms with Gasteiger partial charge in [0.15, 0.2) is 15.6 Å². The molecule has 21 heteroatoms. The summed E-state index contributed by atoms with van der Waals surface area (Å²) in [6.07, 6.45) is 0. The van der Waals surface area contributed by atoms with E-state index in [4.69, 9.17) is 4.55 Å². The summed E-state index contributed by atoms with van der Waals surface area (Å²) in [7, 11) is -14.0. The Morgan fingerprint density at radius 1 is 0.927 bits per heavy atom. The quantitative estimate of drug-likeness (QED) is 0.120. The molecule has 5 N–H and O–H groups in total. The fourth-order valence-corrected chi connectivity index (χ4v) is 5.40. The van der Waals surface area contributed by atoms with Gasteiger partial charge in [-0.15, -0.1) is 10.2 Å². The van der Waals surface area contributed by atoms with Crippen LogP contribution in [0.5, 0.6) is 11.5 Å². The molecular weight excluding hydrogens is 639 g/mol. The summed E-state index contributed by atoms with van der Waals surface area (Å²) < 4.78 is 91.9. The summed E-state index contributed by atoms with van der Waals surface area (Å²) >= 11 is 0. The first-order chi connectivity index (χ1) is 17.5. The fourth-order valence-electron chi connectivity index (χ4n) is 3.24. The molecule has 0 aromatic heterocycles. The van der Waals surface area contributed by atoms with E-state index in [0.717, 1.165) is 24.3 Å². The Bertz CT molecular complexity index is 1800. The van der Waals surface area contributed by atoms with Crippen molar-refractivity contribution in [3.05, 3.63) is 42.5 Å². The first-order valence-electron chi connectivity index (χ1n) is 10.1. The van der Waals surface area contributed by atoms with Crippen LogP contribution in [0.1, 0.15) is 6.92 Å². The molecule has 0 fully saturated rings. The number of benzene rings is 3. The van der Waals surface area contributed by atoms with Crippen molar-refractivity contribution < 1.29 is 53.5 Å². The summed E-state index contributed by atoms with van der Waals surface area (Å²) in [6.45, 7) is 0.306. The molecule has 210 valence electrons. The van der Waals surface area contributed by atoms with Gasteiger partial charge in [0, 0.05) is 18.4 Å². The van der Waals surface area contributed by atoms with Crippen LogP contribution in [0, 0.1) is 0 Å². The molecule has 0 aliphatic rings. The maximum absolute atomic E-state index is 12.3. The Morgan fingerprint density at radius 2 is 1.56 bits per heavy atom. The molecule has 15 nitrogen and oxygen atoms in total. The number of anilines is 1. The zero-order chi connectivity index (χ0) is 28.5. The van der Waals surface area contributed by atoms with Crippen LogP contribution >= 0.6 is 0 Å². The van der Waals surface area contributed by atoms with E-state index in [-0.39, 0.29) is 111 Å². The van der Waals surface area contributed by atoms with Gasteiger partial charge >= 0.3 is 99.1 Å². The zero-order valence-electron chi connectivity index (χ0n) is 19.1. The second-order valence-corrected chi connectivity index (χ2v) is 12.1. The van der Waals surface area contributed by atoms with Crippen molar-refractivity contribution in [1.82, 2.24) is 0 Å². The first-order valence-corrected chi connectivity index (χ1v) is 14.6. The second kappa shape index (κ2) is 15.9.